The van der Waals surface area contributed by atoms with Crippen LogP contribution in [0.15, 0.2) is 6.07 Å². The molecule has 0 bridgehead atoms. The van der Waals surface area contributed by atoms with Gasteiger partial charge in [0.2, 0.25) is 0 Å². The summed E-state index contributed by atoms with van der Waals surface area (Å²) >= 11 is 0. The van der Waals surface area contributed by atoms with E-state index in [1.807, 2.05) is 0 Å². The lowest BCUT2D eigenvalue weighted by Crippen LogP contribution is -2.21. The van der Waals surface area contributed by atoms with Crippen LogP contribution >= 0.6 is 0 Å². The molecule has 0 fully saturated rings. The Balaban J connectivity index is 3.68. The first kappa shape index (κ1) is 15.2. The number of hydrogen-bond acceptors (Lipinski definition) is 0. The van der Waals surface area contributed by atoms with Crippen molar-refractivity contribution in [3.63, 3.8) is 0 Å². The molecule has 0 spiro atoms. The molecule has 0 radical (unpaired) electrons. The topological polar surface area (TPSA) is 0 Å². The minimum absolute atomic E-state index is 0.0140. The predicted molar refractivity (Wildman–Crippen MR) is 78.1 cm³/mol. The van der Waals surface area contributed by atoms with Gasteiger partial charge in [-0.1, -0.05) is 47.6 Å². The maximum Gasteiger partial charge on any atom is 0.115 e. The number of halogens is 1. The van der Waals surface area contributed by atoms with Gasteiger partial charge in [-0.05, 0) is 52.5 Å². The van der Waals surface area contributed by atoms with Crippen LogP contribution in [0.3, 0.4) is 0 Å². The Kier molecular flexibility index (Phi) is 3.95. The van der Waals surface area contributed by atoms with Crippen molar-refractivity contribution in [1.82, 2.24) is 0 Å². The van der Waals surface area contributed by atoms with Crippen molar-refractivity contribution in [1.29, 1.82) is 0 Å². The Morgan fingerprint density at radius 2 is 1.28 bits per heavy atom. The lowest BCUT2D eigenvalue weighted by molar-refractivity contribution is 0.466. The zero-order valence-corrected chi connectivity index (χ0v) is 13.2. The standard InChI is InChI=1S/C17H27F/c1-11-12(2)14(16(3,4)5)9-15(13(11)10-18)17(6,7)8/h9H,10H2,1-8H3. The predicted octanol–water partition coefficient (Wildman–Crippen LogP) is 5.37. The first-order chi connectivity index (χ1) is 8.00. The summed E-state index contributed by atoms with van der Waals surface area (Å²) in [6.07, 6.45) is 0. The average molecular weight is 250 g/mol. The molecule has 1 rings (SSSR count). The third kappa shape index (κ3) is 2.76. The van der Waals surface area contributed by atoms with Gasteiger partial charge in [0.25, 0.3) is 0 Å². The second kappa shape index (κ2) is 4.68. The number of alkyl halides is 1. The van der Waals surface area contributed by atoms with Gasteiger partial charge in [-0.2, -0.15) is 0 Å². The summed E-state index contributed by atoms with van der Waals surface area (Å²) in [6.45, 7) is 16.9. The Hall–Kier alpha value is -0.850. The van der Waals surface area contributed by atoms with E-state index in [-0.39, 0.29) is 17.5 Å². The van der Waals surface area contributed by atoms with Gasteiger partial charge < -0.3 is 0 Å². The van der Waals surface area contributed by atoms with Gasteiger partial charge in [-0.15, -0.1) is 0 Å². The van der Waals surface area contributed by atoms with Crippen LogP contribution in [0, 0.1) is 13.8 Å². The first-order valence-electron chi connectivity index (χ1n) is 6.70. The van der Waals surface area contributed by atoms with Crippen molar-refractivity contribution < 1.29 is 4.39 Å². The fourth-order valence-corrected chi connectivity index (χ4v) is 2.59. The van der Waals surface area contributed by atoms with E-state index in [1.165, 1.54) is 11.1 Å². The van der Waals surface area contributed by atoms with Crippen molar-refractivity contribution in [3.05, 3.63) is 33.9 Å². The van der Waals surface area contributed by atoms with Crippen molar-refractivity contribution in [2.24, 2.45) is 0 Å². The van der Waals surface area contributed by atoms with E-state index in [9.17, 15) is 4.39 Å². The average Bonchev–Trinajstić information content (AvgIpc) is 2.17. The summed E-state index contributed by atoms with van der Waals surface area (Å²) in [5.41, 5.74) is 5.81. The summed E-state index contributed by atoms with van der Waals surface area (Å²) in [4.78, 5) is 0. The quantitative estimate of drug-likeness (QED) is 0.628. The third-order valence-electron chi connectivity index (χ3n) is 3.78. The zero-order chi connectivity index (χ0) is 14.3. The lowest BCUT2D eigenvalue weighted by atomic mass is 9.75. The van der Waals surface area contributed by atoms with E-state index in [1.54, 1.807) is 0 Å². The SMILES string of the molecule is Cc1c(C(C)(C)C)cc(C(C)(C)C)c(CF)c1C. The molecule has 1 aromatic rings. The fraction of sp³-hybridized carbons (Fsp3) is 0.647. The Bertz CT molecular complexity index is 442. The molecule has 0 nitrogen and oxygen atoms in total. The second-order valence-corrected chi connectivity index (χ2v) is 7.33. The molecule has 0 aliphatic rings. The molecule has 1 aromatic carbocycles. The molecule has 0 aromatic heterocycles. The molecule has 0 atom stereocenters. The molecule has 0 aliphatic heterocycles. The summed E-state index contributed by atoms with van der Waals surface area (Å²) in [6, 6.07) is 2.22. The molecule has 0 aliphatic carbocycles. The molecule has 0 amide bonds. The molecule has 1 heteroatoms. The minimum atomic E-state index is -0.371. The van der Waals surface area contributed by atoms with Gasteiger partial charge >= 0.3 is 0 Å². The van der Waals surface area contributed by atoms with Gasteiger partial charge in [0.15, 0.2) is 0 Å². The van der Waals surface area contributed by atoms with E-state index >= 15 is 0 Å². The highest BCUT2D eigenvalue weighted by atomic mass is 19.1. The van der Waals surface area contributed by atoms with Crippen LogP contribution in [0.4, 0.5) is 4.39 Å². The van der Waals surface area contributed by atoms with Crippen molar-refractivity contribution in [2.75, 3.05) is 0 Å². The van der Waals surface area contributed by atoms with Crippen LogP contribution < -0.4 is 0 Å². The lowest BCUT2D eigenvalue weighted by Gasteiger charge is -2.30. The van der Waals surface area contributed by atoms with Gasteiger partial charge in [-0.25, -0.2) is 4.39 Å². The zero-order valence-electron chi connectivity index (χ0n) is 13.2. The van der Waals surface area contributed by atoms with Gasteiger partial charge in [0.1, 0.15) is 6.67 Å². The van der Waals surface area contributed by atoms with Gasteiger partial charge in [0, 0.05) is 0 Å². The Labute approximate surface area is 112 Å². The highest BCUT2D eigenvalue weighted by Crippen LogP contribution is 2.36. The molecule has 0 saturated carbocycles. The first-order valence-corrected chi connectivity index (χ1v) is 6.70. The second-order valence-electron chi connectivity index (χ2n) is 7.33. The van der Waals surface area contributed by atoms with Crippen molar-refractivity contribution in [2.45, 2.75) is 72.9 Å². The maximum atomic E-state index is 13.4. The van der Waals surface area contributed by atoms with E-state index in [2.05, 4.69) is 61.5 Å². The van der Waals surface area contributed by atoms with Crippen LogP contribution in [0.5, 0.6) is 0 Å². The van der Waals surface area contributed by atoms with Crippen LogP contribution in [0.1, 0.15) is 69.4 Å². The summed E-state index contributed by atoms with van der Waals surface area (Å²) < 4.78 is 13.4. The van der Waals surface area contributed by atoms with Gasteiger partial charge in [-0.3, -0.25) is 0 Å². The van der Waals surface area contributed by atoms with E-state index < -0.39 is 0 Å². The molecule has 102 valence electrons. The number of hydrogen-bond donors (Lipinski definition) is 0. The molecule has 18 heavy (non-hydrogen) atoms. The highest BCUT2D eigenvalue weighted by molar-refractivity contribution is 5.49. The number of rotatable bonds is 1. The van der Waals surface area contributed by atoms with Crippen molar-refractivity contribution >= 4 is 0 Å². The Morgan fingerprint density at radius 1 is 0.833 bits per heavy atom. The summed E-state index contributed by atoms with van der Waals surface area (Å²) in [5, 5.41) is 0. The Morgan fingerprint density at radius 3 is 1.61 bits per heavy atom. The highest BCUT2D eigenvalue weighted by Gasteiger charge is 2.25. The number of benzene rings is 1. The maximum absolute atomic E-state index is 13.4. The van der Waals surface area contributed by atoms with Crippen LogP contribution in [-0.4, -0.2) is 0 Å². The van der Waals surface area contributed by atoms with Crippen LogP contribution in [0.25, 0.3) is 0 Å². The molecule has 0 unspecified atom stereocenters. The molecule has 0 heterocycles. The molecule has 0 saturated heterocycles. The normalized spacial score (nSPS) is 12.9. The molecule has 0 N–H and O–H groups in total. The minimum Gasteiger partial charge on any atom is -0.246 e. The van der Waals surface area contributed by atoms with E-state index in [0.29, 0.717) is 0 Å². The third-order valence-corrected chi connectivity index (χ3v) is 3.78. The van der Waals surface area contributed by atoms with E-state index in [0.717, 1.165) is 16.7 Å². The summed E-state index contributed by atoms with van der Waals surface area (Å²) in [7, 11) is 0. The molecular weight excluding hydrogens is 223 g/mol. The van der Waals surface area contributed by atoms with Crippen molar-refractivity contribution in [3.8, 4) is 0 Å². The fourth-order valence-electron chi connectivity index (χ4n) is 2.59. The largest absolute Gasteiger partial charge is 0.246 e. The van der Waals surface area contributed by atoms with Crippen LogP contribution in [0.2, 0.25) is 0 Å². The summed E-state index contributed by atoms with van der Waals surface area (Å²) in [5.74, 6) is 0. The monoisotopic (exact) mass is 250 g/mol. The van der Waals surface area contributed by atoms with Crippen LogP contribution in [-0.2, 0) is 17.5 Å². The van der Waals surface area contributed by atoms with E-state index in [4.69, 9.17) is 0 Å². The smallest absolute Gasteiger partial charge is 0.115 e. The molecular formula is C17H27F. The van der Waals surface area contributed by atoms with Gasteiger partial charge in [0.05, 0.1) is 0 Å².